The number of nitrogens with two attached hydrogens (primary N) is 1. The average molecular weight is 471 g/mol. The van der Waals surface area contributed by atoms with E-state index >= 15 is 0 Å². The van der Waals surface area contributed by atoms with Gasteiger partial charge in [0, 0.05) is 24.7 Å². The molecule has 0 aromatic carbocycles. The topological polar surface area (TPSA) is 141 Å². The van der Waals surface area contributed by atoms with E-state index in [2.05, 4.69) is 15.0 Å². The number of fused-ring (bicyclic) bond motifs is 3. The van der Waals surface area contributed by atoms with E-state index in [1.807, 2.05) is 0 Å². The molecule has 2 aromatic rings. The number of amides is 1. The molecule has 3 atom stereocenters. The van der Waals surface area contributed by atoms with Crippen LogP contribution in [-0.4, -0.2) is 62.2 Å². The molecule has 1 aliphatic carbocycles. The number of hydrogen-bond donors (Lipinski definition) is 2. The van der Waals surface area contributed by atoms with E-state index in [1.165, 1.54) is 18.9 Å². The smallest absolute Gasteiger partial charge is 0.346 e. The van der Waals surface area contributed by atoms with Gasteiger partial charge in [-0.2, -0.15) is 0 Å². The second-order valence-electron chi connectivity index (χ2n) is 10.0. The van der Waals surface area contributed by atoms with Gasteiger partial charge in [-0.1, -0.05) is 19.3 Å². The zero-order valence-corrected chi connectivity index (χ0v) is 19.2. The lowest BCUT2D eigenvalue weighted by Crippen LogP contribution is -2.68. The fourth-order valence-corrected chi connectivity index (χ4v) is 6.40. The van der Waals surface area contributed by atoms with Gasteiger partial charge in [0.1, 0.15) is 25.0 Å². The van der Waals surface area contributed by atoms with Crippen LogP contribution in [0.4, 0.5) is 0 Å². The molecule has 10 nitrogen and oxygen atoms in total. The molecule has 5 heterocycles. The zero-order valence-electron chi connectivity index (χ0n) is 19.2. The lowest BCUT2D eigenvalue weighted by molar-refractivity contribution is -0.965. The Morgan fingerprint density at radius 3 is 2.47 bits per heavy atom. The summed E-state index contributed by atoms with van der Waals surface area (Å²) in [4.78, 5) is 38.5. The Bertz CT molecular complexity index is 1000. The first-order valence-electron chi connectivity index (χ1n) is 12.2. The number of rotatable bonds is 7. The van der Waals surface area contributed by atoms with E-state index in [-0.39, 0.29) is 17.6 Å². The van der Waals surface area contributed by atoms with Crippen LogP contribution in [0.5, 0.6) is 0 Å². The largest absolute Gasteiger partial charge is 0.466 e. The van der Waals surface area contributed by atoms with Gasteiger partial charge in [-0.3, -0.25) is 4.79 Å². The molecular formula is C24H32N5O5+. The Balaban J connectivity index is 1.41. The average Bonchev–Trinajstić information content (AvgIpc) is 3.41. The standard InChI is InChI=1S/C24H31N5O5/c25-21(30)20(22-27-14-26-15-28-22)29-10-8-16(9-11-29)18(13-29)34-23(31)24(32,19-7-4-12-33-19)17-5-2-1-3-6-17/h4,7,12,14-18,20,32H,1-3,5-6,8-11,13H2,(H-,25,30)/p+1/t16?,18-,20?,24?,29?/m0/s1. The molecule has 1 saturated carbocycles. The molecular weight excluding hydrogens is 438 g/mol. The third-order valence-corrected chi connectivity index (χ3v) is 8.20. The van der Waals surface area contributed by atoms with Crippen molar-refractivity contribution in [2.45, 2.75) is 62.7 Å². The second-order valence-corrected chi connectivity index (χ2v) is 10.0. The van der Waals surface area contributed by atoms with Crippen molar-refractivity contribution in [3.63, 3.8) is 0 Å². The molecule has 2 aromatic heterocycles. The van der Waals surface area contributed by atoms with Gasteiger partial charge in [0.25, 0.3) is 5.91 Å². The van der Waals surface area contributed by atoms with E-state index < -0.39 is 29.6 Å². The lowest BCUT2D eigenvalue weighted by Gasteiger charge is -2.54. The summed E-state index contributed by atoms with van der Waals surface area (Å²) in [6.45, 7) is 1.88. The first-order valence-corrected chi connectivity index (χ1v) is 12.2. The number of carbonyl (C=O) groups is 2. The summed E-state index contributed by atoms with van der Waals surface area (Å²) in [7, 11) is 0. The van der Waals surface area contributed by atoms with Gasteiger partial charge in [0.15, 0.2) is 11.9 Å². The zero-order chi connectivity index (χ0) is 23.8. The SMILES string of the molecule is NC(=O)C(c1ncncn1)[N+]12CCC(CC1)[C@@H](OC(=O)C(O)(c1ccco1)C1CCCCC1)C2. The van der Waals surface area contributed by atoms with E-state index in [4.69, 9.17) is 14.9 Å². The first kappa shape index (κ1) is 22.9. The van der Waals surface area contributed by atoms with Crippen LogP contribution in [0, 0.1) is 11.8 Å². The Labute approximate surface area is 198 Å². The minimum absolute atomic E-state index is 0.169. The van der Waals surface area contributed by atoms with Gasteiger partial charge >= 0.3 is 5.97 Å². The predicted octanol–water partition coefficient (Wildman–Crippen LogP) is 1.61. The minimum Gasteiger partial charge on any atom is -0.466 e. The third-order valence-electron chi connectivity index (χ3n) is 8.20. The number of quaternary nitrogens is 1. The molecule has 34 heavy (non-hydrogen) atoms. The van der Waals surface area contributed by atoms with Crippen molar-refractivity contribution >= 4 is 11.9 Å². The van der Waals surface area contributed by atoms with Crippen LogP contribution in [0.2, 0.25) is 0 Å². The normalized spacial score (nSPS) is 29.8. The van der Waals surface area contributed by atoms with E-state index in [1.54, 1.807) is 12.1 Å². The number of carbonyl (C=O) groups excluding carboxylic acids is 2. The van der Waals surface area contributed by atoms with Crippen molar-refractivity contribution in [2.24, 2.45) is 17.6 Å². The second kappa shape index (κ2) is 9.07. The highest BCUT2D eigenvalue weighted by Crippen LogP contribution is 2.44. The van der Waals surface area contributed by atoms with Crippen molar-refractivity contribution in [3.05, 3.63) is 42.6 Å². The van der Waals surface area contributed by atoms with Crippen molar-refractivity contribution in [1.82, 2.24) is 15.0 Å². The number of aliphatic hydroxyl groups is 1. The predicted molar refractivity (Wildman–Crippen MR) is 118 cm³/mol. The molecule has 3 N–H and O–H groups in total. The fraction of sp³-hybridized carbons (Fsp3) is 0.625. The highest BCUT2D eigenvalue weighted by atomic mass is 16.6. The quantitative estimate of drug-likeness (QED) is 0.459. The molecule has 4 aliphatic rings. The Morgan fingerprint density at radius 2 is 1.85 bits per heavy atom. The maximum Gasteiger partial charge on any atom is 0.346 e. The summed E-state index contributed by atoms with van der Waals surface area (Å²) in [5.41, 5.74) is 4.02. The number of furan rings is 1. The van der Waals surface area contributed by atoms with Crippen molar-refractivity contribution in [2.75, 3.05) is 19.6 Å². The number of hydrogen-bond acceptors (Lipinski definition) is 8. The van der Waals surface area contributed by atoms with Crippen LogP contribution >= 0.6 is 0 Å². The van der Waals surface area contributed by atoms with E-state index in [9.17, 15) is 14.7 Å². The summed E-state index contributed by atoms with van der Waals surface area (Å²) in [5.74, 6) is -0.694. The molecule has 3 saturated heterocycles. The van der Waals surface area contributed by atoms with Gasteiger partial charge in [-0.05, 0) is 25.0 Å². The number of ether oxygens (including phenoxy) is 1. The molecule has 2 bridgehead atoms. The highest BCUT2D eigenvalue weighted by molar-refractivity contribution is 5.81. The third kappa shape index (κ3) is 3.88. The molecule has 4 fully saturated rings. The number of aromatic nitrogens is 3. The summed E-state index contributed by atoms with van der Waals surface area (Å²) in [5, 5.41) is 11.7. The van der Waals surface area contributed by atoms with Gasteiger partial charge in [-0.25, -0.2) is 19.7 Å². The Morgan fingerprint density at radius 1 is 1.15 bits per heavy atom. The Kier molecular flexibility index (Phi) is 6.11. The van der Waals surface area contributed by atoms with Crippen molar-refractivity contribution in [1.29, 1.82) is 0 Å². The maximum atomic E-state index is 13.6. The molecule has 6 rings (SSSR count). The summed E-state index contributed by atoms with van der Waals surface area (Å²) >= 11 is 0. The molecule has 1 amide bonds. The molecule has 0 radical (unpaired) electrons. The van der Waals surface area contributed by atoms with E-state index in [0.29, 0.717) is 16.9 Å². The highest BCUT2D eigenvalue weighted by Gasteiger charge is 2.57. The molecule has 10 heteroatoms. The maximum absolute atomic E-state index is 13.6. The monoisotopic (exact) mass is 470 g/mol. The van der Waals surface area contributed by atoms with Crippen LogP contribution in [0.1, 0.15) is 62.6 Å². The Hall–Kier alpha value is -2.85. The van der Waals surface area contributed by atoms with Gasteiger partial charge < -0.3 is 24.5 Å². The summed E-state index contributed by atoms with van der Waals surface area (Å²) in [6, 6.07) is 2.58. The number of nitrogens with zero attached hydrogens (tertiary/aromatic N) is 4. The van der Waals surface area contributed by atoms with Crippen LogP contribution < -0.4 is 5.73 Å². The molecule has 182 valence electrons. The van der Waals surface area contributed by atoms with E-state index in [0.717, 1.165) is 58.0 Å². The molecule has 0 spiro atoms. The first-order chi connectivity index (χ1) is 16.4. The molecule has 2 unspecified atom stereocenters. The van der Waals surface area contributed by atoms with Crippen LogP contribution in [0.15, 0.2) is 35.5 Å². The summed E-state index contributed by atoms with van der Waals surface area (Å²) < 4.78 is 12.0. The van der Waals surface area contributed by atoms with Gasteiger partial charge in [0.05, 0.1) is 19.4 Å². The molecule has 3 aliphatic heterocycles. The fourth-order valence-electron chi connectivity index (χ4n) is 6.40. The van der Waals surface area contributed by atoms with Gasteiger partial charge in [-0.15, -0.1) is 0 Å². The van der Waals surface area contributed by atoms with Crippen LogP contribution in [0.3, 0.4) is 0 Å². The van der Waals surface area contributed by atoms with Crippen molar-refractivity contribution < 1.29 is 28.3 Å². The lowest BCUT2D eigenvalue weighted by atomic mass is 9.75. The van der Waals surface area contributed by atoms with Crippen LogP contribution in [0.25, 0.3) is 0 Å². The van der Waals surface area contributed by atoms with Crippen molar-refractivity contribution in [3.8, 4) is 0 Å². The van der Waals surface area contributed by atoms with Gasteiger partial charge in [0.2, 0.25) is 11.6 Å². The summed E-state index contributed by atoms with van der Waals surface area (Å²) in [6.07, 6.45) is 9.81. The number of piperidine rings is 3. The number of esters is 1. The van der Waals surface area contributed by atoms with Crippen LogP contribution in [-0.2, 0) is 19.9 Å². The number of primary amides is 1. The minimum atomic E-state index is -1.82.